The van der Waals surface area contributed by atoms with Gasteiger partial charge >= 0.3 is 5.97 Å². The topological polar surface area (TPSA) is 143 Å². The van der Waals surface area contributed by atoms with Crippen LogP contribution < -0.4 is 21.3 Å². The normalized spacial score (nSPS) is 29.8. The molecular formula is C23H34N4O6S2. The van der Waals surface area contributed by atoms with Crippen LogP contribution in [0.4, 0.5) is 0 Å². The summed E-state index contributed by atoms with van der Waals surface area (Å²) in [6.07, 6.45) is 4.40. The quantitative estimate of drug-likeness (QED) is 0.139. The van der Waals surface area contributed by atoms with Crippen molar-refractivity contribution >= 4 is 51.2 Å². The summed E-state index contributed by atoms with van der Waals surface area (Å²) in [5.74, 6) is -2.96. The van der Waals surface area contributed by atoms with Crippen molar-refractivity contribution < 1.29 is 28.7 Å². The van der Waals surface area contributed by atoms with Gasteiger partial charge in [0.15, 0.2) is 5.37 Å². The lowest BCUT2D eigenvalue weighted by Crippen LogP contribution is -2.55. The van der Waals surface area contributed by atoms with Crippen molar-refractivity contribution in [1.29, 1.82) is 0 Å². The number of allylic oxidation sites excluding steroid dienone is 2. The van der Waals surface area contributed by atoms with Crippen LogP contribution in [-0.2, 0) is 28.7 Å². The van der Waals surface area contributed by atoms with E-state index in [1.807, 2.05) is 6.08 Å². The third kappa shape index (κ3) is 8.60. The van der Waals surface area contributed by atoms with E-state index in [1.54, 1.807) is 40.7 Å². The predicted molar refractivity (Wildman–Crippen MR) is 136 cm³/mol. The summed E-state index contributed by atoms with van der Waals surface area (Å²) in [5, 5.41) is 9.55. The minimum absolute atomic E-state index is 0.0531. The van der Waals surface area contributed by atoms with Crippen molar-refractivity contribution in [3.63, 3.8) is 0 Å². The van der Waals surface area contributed by atoms with E-state index < -0.39 is 53.2 Å². The lowest BCUT2D eigenvalue weighted by molar-refractivity contribution is -0.153. The largest absolute Gasteiger partial charge is 0.456 e. The van der Waals surface area contributed by atoms with Crippen LogP contribution in [0, 0.1) is 11.8 Å². The van der Waals surface area contributed by atoms with Gasteiger partial charge in [-0.3, -0.25) is 19.2 Å². The van der Waals surface area contributed by atoms with Crippen LogP contribution in [0.2, 0.25) is 0 Å². The standard InChI is InChI=1S/C23H34N4O6S2/c1-6-15-19(29)26-18(13(4)5)23(32)33-14-9-7-8-10-34-35-22(21(31)24-15)27-20(30)17(12(2)3)25-16(28)11-14/h6-7,9,12-14,17-18,22H,8,10-11H2,1-5H3,(H,24,31)(H,25,28)(H,26,29)(H,27,30)/b9-7-,15-6+/t14-,17-,18?,22?/m1/s1. The van der Waals surface area contributed by atoms with Crippen LogP contribution in [0.3, 0.4) is 0 Å². The van der Waals surface area contributed by atoms with Gasteiger partial charge in [0.2, 0.25) is 11.8 Å². The summed E-state index contributed by atoms with van der Waals surface area (Å²) in [6.45, 7) is 8.63. The maximum absolute atomic E-state index is 13.1. The molecule has 0 aromatic carbocycles. The fourth-order valence-electron chi connectivity index (χ4n) is 3.33. The monoisotopic (exact) mass is 526 g/mol. The molecule has 1 fully saturated rings. The first kappa shape index (κ1) is 28.8. The number of ether oxygens (including phenoxy) is 1. The zero-order valence-corrected chi connectivity index (χ0v) is 22.2. The maximum atomic E-state index is 13.1. The Hall–Kier alpha value is -2.47. The molecule has 4 N–H and O–H groups in total. The molecule has 1 saturated heterocycles. The van der Waals surface area contributed by atoms with E-state index in [2.05, 4.69) is 21.3 Å². The Morgan fingerprint density at radius 2 is 1.66 bits per heavy atom. The molecule has 10 nitrogen and oxygen atoms in total. The Bertz CT molecular complexity index is 889. The van der Waals surface area contributed by atoms with Gasteiger partial charge in [0.25, 0.3) is 11.8 Å². The Kier molecular flexibility index (Phi) is 11.2. The van der Waals surface area contributed by atoms with Crippen LogP contribution in [0.5, 0.6) is 0 Å². The van der Waals surface area contributed by atoms with Crippen molar-refractivity contribution in [2.45, 2.75) is 71.0 Å². The zero-order valence-electron chi connectivity index (χ0n) is 20.6. The van der Waals surface area contributed by atoms with Crippen molar-refractivity contribution in [2.24, 2.45) is 11.8 Å². The highest BCUT2D eigenvalue weighted by Gasteiger charge is 2.33. The minimum atomic E-state index is -1.02. The molecule has 0 saturated carbocycles. The molecule has 0 aromatic heterocycles. The van der Waals surface area contributed by atoms with Gasteiger partial charge in [-0.25, -0.2) is 4.79 Å². The molecule has 3 heterocycles. The SMILES string of the molecule is C/C=C1/NC(=O)C2NC(=O)[C@@H](C(C)C)NC(=O)C[C@@H](/C=C\CCSS2)OC(=O)C(C(C)C)NC1=O. The number of amides is 4. The molecule has 4 amide bonds. The molecule has 3 aliphatic heterocycles. The van der Waals surface area contributed by atoms with E-state index in [1.165, 1.54) is 16.9 Å². The first-order valence-corrected chi connectivity index (χ1v) is 13.9. The number of hydrogen-bond acceptors (Lipinski definition) is 8. The van der Waals surface area contributed by atoms with Gasteiger partial charge in [-0.2, -0.15) is 0 Å². The molecule has 2 bridgehead atoms. The average molecular weight is 527 g/mol. The predicted octanol–water partition coefficient (Wildman–Crippen LogP) is 1.39. The van der Waals surface area contributed by atoms with E-state index in [0.29, 0.717) is 12.2 Å². The van der Waals surface area contributed by atoms with Crippen LogP contribution in [0.15, 0.2) is 23.9 Å². The average Bonchev–Trinajstić information content (AvgIpc) is 2.78. The van der Waals surface area contributed by atoms with Gasteiger partial charge in [-0.15, -0.1) is 0 Å². The molecule has 0 radical (unpaired) electrons. The van der Waals surface area contributed by atoms with Crippen LogP contribution >= 0.6 is 21.6 Å². The molecule has 35 heavy (non-hydrogen) atoms. The number of fused-ring (bicyclic) bond motifs is 16. The molecule has 12 heteroatoms. The first-order chi connectivity index (χ1) is 16.5. The third-order valence-corrected chi connectivity index (χ3v) is 7.86. The van der Waals surface area contributed by atoms with E-state index in [0.717, 1.165) is 10.8 Å². The molecule has 0 aromatic rings. The Morgan fingerprint density at radius 3 is 2.29 bits per heavy atom. The van der Waals surface area contributed by atoms with Crippen molar-refractivity contribution in [3.8, 4) is 0 Å². The van der Waals surface area contributed by atoms with Crippen LogP contribution in [0.25, 0.3) is 0 Å². The van der Waals surface area contributed by atoms with E-state index in [4.69, 9.17) is 4.74 Å². The highest BCUT2D eigenvalue weighted by atomic mass is 33.1. The van der Waals surface area contributed by atoms with E-state index >= 15 is 0 Å². The van der Waals surface area contributed by atoms with Gasteiger partial charge in [0.05, 0.1) is 6.42 Å². The molecule has 3 rings (SSSR count). The summed E-state index contributed by atoms with van der Waals surface area (Å²) in [4.78, 5) is 64.9. The first-order valence-electron chi connectivity index (χ1n) is 11.6. The fraction of sp³-hybridized carbons (Fsp3) is 0.609. The molecule has 3 aliphatic rings. The second kappa shape index (κ2) is 13.6. The molecule has 0 spiro atoms. The summed E-state index contributed by atoms with van der Waals surface area (Å²) in [5.41, 5.74) is -0.0531. The molecule has 2 unspecified atom stereocenters. The highest BCUT2D eigenvalue weighted by Crippen LogP contribution is 2.27. The van der Waals surface area contributed by atoms with Crippen LogP contribution in [0.1, 0.15) is 47.5 Å². The molecule has 4 atom stereocenters. The second-order valence-electron chi connectivity index (χ2n) is 8.88. The van der Waals surface area contributed by atoms with Crippen molar-refractivity contribution in [3.05, 3.63) is 23.9 Å². The van der Waals surface area contributed by atoms with E-state index in [9.17, 15) is 24.0 Å². The Balaban J connectivity index is 2.55. The number of rotatable bonds is 2. The number of carbonyl (C=O) groups excluding carboxylic acids is 5. The summed E-state index contributed by atoms with van der Waals surface area (Å²) in [6, 6.07) is -1.91. The zero-order chi connectivity index (χ0) is 26.1. The lowest BCUT2D eigenvalue weighted by atomic mass is 10.0. The van der Waals surface area contributed by atoms with Crippen molar-refractivity contribution in [1.82, 2.24) is 21.3 Å². The number of nitrogens with one attached hydrogen (secondary N) is 4. The fourth-order valence-corrected chi connectivity index (χ4v) is 5.50. The molecule has 194 valence electrons. The second-order valence-corrected chi connectivity index (χ2v) is 11.5. The third-order valence-electron chi connectivity index (χ3n) is 5.31. The smallest absolute Gasteiger partial charge is 0.329 e. The molecule has 0 aliphatic carbocycles. The van der Waals surface area contributed by atoms with E-state index in [-0.39, 0.29) is 24.0 Å². The lowest BCUT2D eigenvalue weighted by Gasteiger charge is -2.28. The van der Waals surface area contributed by atoms with Crippen LogP contribution in [-0.4, -0.2) is 58.9 Å². The summed E-state index contributed by atoms with van der Waals surface area (Å²) in [7, 11) is 2.53. The van der Waals surface area contributed by atoms with Crippen molar-refractivity contribution in [2.75, 3.05) is 5.75 Å². The minimum Gasteiger partial charge on any atom is -0.456 e. The van der Waals surface area contributed by atoms with Gasteiger partial charge < -0.3 is 26.0 Å². The number of esters is 1. The van der Waals surface area contributed by atoms with Gasteiger partial charge in [-0.1, -0.05) is 61.4 Å². The highest BCUT2D eigenvalue weighted by molar-refractivity contribution is 8.77. The molecular weight excluding hydrogens is 492 g/mol. The Labute approximate surface area is 213 Å². The summed E-state index contributed by atoms with van der Waals surface area (Å²) >= 11 is 0. The summed E-state index contributed by atoms with van der Waals surface area (Å²) < 4.78 is 5.63. The number of hydrogen-bond donors (Lipinski definition) is 4. The Morgan fingerprint density at radius 1 is 0.971 bits per heavy atom. The van der Waals surface area contributed by atoms with Gasteiger partial charge in [0.1, 0.15) is 23.9 Å². The van der Waals surface area contributed by atoms with Gasteiger partial charge in [-0.05, 0) is 31.3 Å². The number of carbonyl (C=O) groups is 5. The maximum Gasteiger partial charge on any atom is 0.329 e. The van der Waals surface area contributed by atoms with Gasteiger partial charge in [0, 0.05) is 5.75 Å².